The van der Waals surface area contributed by atoms with Crippen LogP contribution < -0.4 is 5.32 Å². The van der Waals surface area contributed by atoms with E-state index in [1.54, 1.807) is 11.1 Å². The Morgan fingerprint density at radius 2 is 1.88 bits per heavy atom. The molecule has 1 aromatic rings. The van der Waals surface area contributed by atoms with Gasteiger partial charge >= 0.3 is 0 Å². The Morgan fingerprint density at radius 3 is 2.71 bits per heavy atom. The molecule has 88 valence electrons. The average molecular weight is 227 g/mol. The molecule has 0 amide bonds. The summed E-state index contributed by atoms with van der Waals surface area (Å²) >= 11 is 0. The normalized spacial score (nSPS) is 31.2. The number of nitrogens with one attached hydrogen (secondary N) is 1. The molecule has 0 aromatic heterocycles. The van der Waals surface area contributed by atoms with Crippen molar-refractivity contribution in [2.75, 3.05) is 0 Å². The number of fused-ring (bicyclic) bond motifs is 4. The summed E-state index contributed by atoms with van der Waals surface area (Å²) in [6.07, 6.45) is 5.20. The fourth-order valence-electron chi connectivity index (χ4n) is 3.53. The van der Waals surface area contributed by atoms with Crippen LogP contribution in [-0.4, -0.2) is 11.8 Å². The first-order chi connectivity index (χ1) is 8.31. The molecule has 0 spiro atoms. The van der Waals surface area contributed by atoms with Crippen molar-refractivity contribution in [2.24, 2.45) is 0 Å². The zero-order valence-corrected chi connectivity index (χ0v) is 9.91. The predicted octanol–water partition coefficient (Wildman–Crippen LogP) is 2.48. The lowest BCUT2D eigenvalue weighted by Gasteiger charge is -2.38. The molecule has 4 rings (SSSR count). The van der Waals surface area contributed by atoms with E-state index in [4.69, 9.17) is 0 Å². The van der Waals surface area contributed by atoms with E-state index in [0.29, 0.717) is 24.3 Å². The number of rotatable bonds is 1. The number of ketones is 1. The maximum atomic E-state index is 11.7. The minimum absolute atomic E-state index is 0.295. The molecule has 3 aliphatic rings. The van der Waals surface area contributed by atoms with Crippen LogP contribution in [-0.2, 0) is 11.2 Å². The molecule has 2 heteroatoms. The monoisotopic (exact) mass is 227 g/mol. The maximum Gasteiger partial charge on any atom is 0.136 e. The van der Waals surface area contributed by atoms with Gasteiger partial charge in [-0.15, -0.1) is 0 Å². The summed E-state index contributed by atoms with van der Waals surface area (Å²) in [5.41, 5.74) is 4.54. The van der Waals surface area contributed by atoms with Gasteiger partial charge in [0.05, 0.1) is 0 Å². The van der Waals surface area contributed by atoms with Gasteiger partial charge in [0.1, 0.15) is 5.78 Å². The third-order valence-corrected chi connectivity index (χ3v) is 4.43. The van der Waals surface area contributed by atoms with Gasteiger partial charge in [-0.2, -0.15) is 0 Å². The molecule has 2 bridgehead atoms. The van der Waals surface area contributed by atoms with Crippen LogP contribution >= 0.6 is 0 Å². The van der Waals surface area contributed by atoms with E-state index in [1.807, 2.05) is 0 Å². The number of benzene rings is 1. The minimum atomic E-state index is 0.295. The molecule has 1 N–H and O–H groups in total. The lowest BCUT2D eigenvalue weighted by atomic mass is 9.79. The third kappa shape index (κ3) is 1.54. The summed E-state index contributed by atoms with van der Waals surface area (Å²) in [5, 5.41) is 3.61. The summed E-state index contributed by atoms with van der Waals surface area (Å²) < 4.78 is 0. The minimum Gasteiger partial charge on any atom is -0.306 e. The molecule has 2 nitrogen and oxygen atoms in total. The van der Waals surface area contributed by atoms with Gasteiger partial charge in [0.25, 0.3) is 0 Å². The van der Waals surface area contributed by atoms with Crippen LogP contribution in [0.1, 0.15) is 54.3 Å². The van der Waals surface area contributed by atoms with E-state index in [1.165, 1.54) is 18.4 Å². The highest BCUT2D eigenvalue weighted by Crippen LogP contribution is 2.45. The Morgan fingerprint density at radius 1 is 1.06 bits per heavy atom. The Hall–Kier alpha value is -1.15. The summed E-state index contributed by atoms with van der Waals surface area (Å²) in [6, 6.07) is 7.39. The van der Waals surface area contributed by atoms with Crippen LogP contribution in [0.4, 0.5) is 0 Å². The van der Waals surface area contributed by atoms with Crippen molar-refractivity contribution in [3.8, 4) is 0 Å². The largest absolute Gasteiger partial charge is 0.306 e. The quantitative estimate of drug-likeness (QED) is 0.798. The zero-order valence-electron chi connectivity index (χ0n) is 9.91. The summed E-state index contributed by atoms with van der Waals surface area (Å²) in [4.78, 5) is 11.7. The molecule has 1 unspecified atom stereocenters. The lowest BCUT2D eigenvalue weighted by Crippen LogP contribution is -2.46. The van der Waals surface area contributed by atoms with Crippen molar-refractivity contribution in [1.29, 1.82) is 0 Å². The van der Waals surface area contributed by atoms with Gasteiger partial charge in [-0.25, -0.2) is 0 Å². The number of hydrogen-bond donors (Lipinski definition) is 1. The van der Waals surface area contributed by atoms with Gasteiger partial charge < -0.3 is 5.32 Å². The van der Waals surface area contributed by atoms with Crippen molar-refractivity contribution in [3.63, 3.8) is 0 Å². The molecule has 0 radical (unpaired) electrons. The Balaban J connectivity index is 1.82. The smallest absolute Gasteiger partial charge is 0.136 e. The molecular weight excluding hydrogens is 210 g/mol. The van der Waals surface area contributed by atoms with E-state index in [2.05, 4.69) is 23.5 Å². The lowest BCUT2D eigenvalue weighted by molar-refractivity contribution is -0.121. The standard InChI is InChI=1S/C15H17NO/c17-11-6-10-7-14-12(9-4-5-9)2-1-3-13(14)15(8-11)16-10/h1-3,9-10,15-16H,4-8H2/t10?,15-/m0/s1. The molecule has 2 fully saturated rings. The Kier molecular flexibility index (Phi) is 1.98. The first kappa shape index (κ1) is 9.84. The SMILES string of the molecule is O=C1CC2Cc3c(C4CC4)cccc3[C@H](C1)N2. The molecule has 1 aliphatic carbocycles. The van der Waals surface area contributed by atoms with Gasteiger partial charge in [-0.05, 0) is 41.9 Å². The second-order valence-corrected chi connectivity index (χ2v) is 5.76. The molecular formula is C15H17NO. The molecule has 2 atom stereocenters. The third-order valence-electron chi connectivity index (χ3n) is 4.43. The van der Waals surface area contributed by atoms with Crippen LogP contribution in [0.15, 0.2) is 18.2 Å². The first-order valence-electron chi connectivity index (χ1n) is 6.70. The Bertz CT molecular complexity index is 490. The van der Waals surface area contributed by atoms with Gasteiger partial charge in [0.15, 0.2) is 0 Å². The highest BCUT2D eigenvalue weighted by Gasteiger charge is 2.36. The first-order valence-corrected chi connectivity index (χ1v) is 6.70. The van der Waals surface area contributed by atoms with Crippen LogP contribution in [0.2, 0.25) is 0 Å². The fraction of sp³-hybridized carbons (Fsp3) is 0.533. The van der Waals surface area contributed by atoms with Crippen LogP contribution in [0.25, 0.3) is 0 Å². The molecule has 1 aromatic carbocycles. The van der Waals surface area contributed by atoms with Gasteiger partial charge in [-0.3, -0.25) is 4.79 Å². The molecule has 2 heterocycles. The second kappa shape index (κ2) is 3.42. The number of carbonyl (C=O) groups excluding carboxylic acids is 1. The van der Waals surface area contributed by atoms with Crippen molar-refractivity contribution < 1.29 is 4.79 Å². The zero-order chi connectivity index (χ0) is 11.4. The van der Waals surface area contributed by atoms with E-state index in [-0.39, 0.29) is 0 Å². The van der Waals surface area contributed by atoms with Gasteiger partial charge in [0.2, 0.25) is 0 Å². The van der Waals surface area contributed by atoms with Crippen LogP contribution in [0.5, 0.6) is 0 Å². The summed E-state index contributed by atoms with van der Waals surface area (Å²) in [5.74, 6) is 1.25. The predicted molar refractivity (Wildman–Crippen MR) is 66.0 cm³/mol. The van der Waals surface area contributed by atoms with Crippen LogP contribution in [0.3, 0.4) is 0 Å². The van der Waals surface area contributed by atoms with E-state index in [0.717, 1.165) is 18.8 Å². The maximum absolute atomic E-state index is 11.7. The van der Waals surface area contributed by atoms with Crippen molar-refractivity contribution in [3.05, 3.63) is 34.9 Å². The number of hydrogen-bond acceptors (Lipinski definition) is 2. The van der Waals surface area contributed by atoms with Gasteiger partial charge in [-0.1, -0.05) is 18.2 Å². The molecule has 17 heavy (non-hydrogen) atoms. The molecule has 2 aliphatic heterocycles. The Labute approximate surface area is 101 Å². The van der Waals surface area contributed by atoms with Crippen molar-refractivity contribution >= 4 is 5.78 Å². The average Bonchev–Trinajstić information content (AvgIpc) is 3.11. The number of Topliss-reactive ketones (excluding diaryl/α,β-unsaturated/α-hetero) is 1. The van der Waals surface area contributed by atoms with Crippen molar-refractivity contribution in [1.82, 2.24) is 5.32 Å². The van der Waals surface area contributed by atoms with E-state index < -0.39 is 0 Å². The molecule has 1 saturated heterocycles. The highest BCUT2D eigenvalue weighted by atomic mass is 16.1. The molecule has 1 saturated carbocycles. The summed E-state index contributed by atoms with van der Waals surface area (Å²) in [6.45, 7) is 0. The highest BCUT2D eigenvalue weighted by molar-refractivity contribution is 5.81. The topological polar surface area (TPSA) is 29.1 Å². The van der Waals surface area contributed by atoms with E-state index >= 15 is 0 Å². The van der Waals surface area contributed by atoms with Crippen LogP contribution in [0, 0.1) is 0 Å². The summed E-state index contributed by atoms with van der Waals surface area (Å²) in [7, 11) is 0. The van der Waals surface area contributed by atoms with Crippen molar-refractivity contribution in [2.45, 2.75) is 50.1 Å². The number of carbonyl (C=O) groups is 1. The second-order valence-electron chi connectivity index (χ2n) is 5.76. The van der Waals surface area contributed by atoms with Gasteiger partial charge in [0, 0.05) is 24.9 Å². The van der Waals surface area contributed by atoms with E-state index in [9.17, 15) is 4.79 Å². The fourth-order valence-corrected chi connectivity index (χ4v) is 3.53. The number of piperidine rings is 1.